The molecule has 1 aromatic carbocycles. The fourth-order valence-corrected chi connectivity index (χ4v) is 2.06. The second-order valence-corrected chi connectivity index (χ2v) is 4.77. The molecule has 0 saturated carbocycles. The number of nitrogens with one attached hydrogen (secondary N) is 1. The van der Waals surface area contributed by atoms with Crippen LogP contribution in [0.2, 0.25) is 0 Å². The fourth-order valence-electron chi connectivity index (χ4n) is 1.58. The summed E-state index contributed by atoms with van der Waals surface area (Å²) in [7, 11) is 0. The topological polar surface area (TPSA) is 81.2 Å². The van der Waals surface area contributed by atoms with Crippen molar-refractivity contribution in [3.63, 3.8) is 0 Å². The molecular weight excluding hydrogens is 314 g/mol. The summed E-state index contributed by atoms with van der Waals surface area (Å²) in [5.74, 6) is 1.07. The summed E-state index contributed by atoms with van der Waals surface area (Å²) in [6.07, 6.45) is 1.57. The molecule has 0 unspecified atom stereocenters. The number of aromatic nitrogens is 1. The van der Waals surface area contributed by atoms with Gasteiger partial charge in [0, 0.05) is 22.2 Å². The van der Waals surface area contributed by atoms with E-state index in [-0.39, 0.29) is 5.69 Å². The van der Waals surface area contributed by atoms with Crippen LogP contribution in [0.1, 0.15) is 12.8 Å². The highest BCUT2D eigenvalue weighted by atomic mass is 79.9. The first-order valence-electron chi connectivity index (χ1n) is 5.71. The summed E-state index contributed by atoms with van der Waals surface area (Å²) in [5, 5.41) is 13.9. The normalized spacial score (nSPS) is 10.6. The van der Waals surface area contributed by atoms with Crippen molar-refractivity contribution >= 4 is 21.6 Å². The Kier molecular flexibility index (Phi) is 4.28. The molecular formula is C12H12BrN3O3. The number of nitrogens with zero attached hydrogens (tertiary/aromatic N) is 2. The van der Waals surface area contributed by atoms with E-state index in [0.29, 0.717) is 28.2 Å². The van der Waals surface area contributed by atoms with Gasteiger partial charge in [-0.2, -0.15) is 0 Å². The maximum atomic E-state index is 10.8. The van der Waals surface area contributed by atoms with Crippen LogP contribution in [-0.4, -0.2) is 16.5 Å². The minimum atomic E-state index is -0.440. The third-order valence-corrected chi connectivity index (χ3v) is 2.92. The first-order valence-corrected chi connectivity index (χ1v) is 6.50. The zero-order chi connectivity index (χ0) is 13.8. The molecule has 0 aliphatic rings. The number of rotatable bonds is 5. The highest BCUT2D eigenvalue weighted by Gasteiger charge is 2.13. The predicted octanol–water partition coefficient (Wildman–Crippen LogP) is 3.12. The summed E-state index contributed by atoms with van der Waals surface area (Å²) in [6.45, 7) is 3.34. The van der Waals surface area contributed by atoms with E-state index >= 15 is 0 Å². The van der Waals surface area contributed by atoms with E-state index in [2.05, 4.69) is 26.2 Å². The molecule has 0 aliphatic heterocycles. The van der Waals surface area contributed by atoms with Gasteiger partial charge in [-0.15, -0.1) is 0 Å². The lowest BCUT2D eigenvalue weighted by molar-refractivity contribution is -0.384. The van der Waals surface area contributed by atoms with Gasteiger partial charge in [-0.3, -0.25) is 10.1 Å². The number of halogens is 1. The fraction of sp³-hybridized carbons (Fsp3) is 0.250. The molecule has 1 N–H and O–H groups in total. The quantitative estimate of drug-likeness (QED) is 0.674. The van der Waals surface area contributed by atoms with E-state index in [4.69, 9.17) is 4.42 Å². The smallest absolute Gasteiger partial charge is 0.271 e. The maximum absolute atomic E-state index is 10.8. The summed E-state index contributed by atoms with van der Waals surface area (Å²) in [5.41, 5.74) is 0.630. The van der Waals surface area contributed by atoms with Crippen LogP contribution in [0.25, 0.3) is 11.3 Å². The molecule has 19 heavy (non-hydrogen) atoms. The van der Waals surface area contributed by atoms with Gasteiger partial charge in [0.15, 0.2) is 5.76 Å². The Balaban J connectivity index is 2.30. The maximum Gasteiger partial charge on any atom is 0.271 e. The van der Waals surface area contributed by atoms with Gasteiger partial charge < -0.3 is 9.73 Å². The number of nitro groups is 1. The zero-order valence-electron chi connectivity index (χ0n) is 10.2. The molecule has 100 valence electrons. The van der Waals surface area contributed by atoms with Crippen molar-refractivity contribution < 1.29 is 9.34 Å². The van der Waals surface area contributed by atoms with Crippen molar-refractivity contribution in [1.29, 1.82) is 0 Å². The molecule has 0 spiro atoms. The molecule has 2 rings (SSSR count). The monoisotopic (exact) mass is 325 g/mol. The van der Waals surface area contributed by atoms with E-state index in [1.54, 1.807) is 12.3 Å². The summed E-state index contributed by atoms with van der Waals surface area (Å²) in [6, 6.07) is 4.66. The third-order valence-electron chi connectivity index (χ3n) is 2.46. The van der Waals surface area contributed by atoms with Gasteiger partial charge in [0.25, 0.3) is 5.69 Å². The lowest BCUT2D eigenvalue weighted by Crippen LogP contribution is -2.11. The molecule has 0 aliphatic carbocycles. The van der Waals surface area contributed by atoms with Gasteiger partial charge in [0.2, 0.25) is 5.89 Å². The van der Waals surface area contributed by atoms with E-state index in [0.717, 1.165) is 6.54 Å². The zero-order valence-corrected chi connectivity index (χ0v) is 11.8. The van der Waals surface area contributed by atoms with Crippen LogP contribution in [0, 0.1) is 10.1 Å². The number of nitro benzene ring substituents is 1. The van der Waals surface area contributed by atoms with Crippen LogP contribution in [0.4, 0.5) is 5.69 Å². The third kappa shape index (κ3) is 3.39. The van der Waals surface area contributed by atoms with E-state index < -0.39 is 4.92 Å². The Hall–Kier alpha value is -1.73. The second kappa shape index (κ2) is 5.94. The predicted molar refractivity (Wildman–Crippen MR) is 73.7 cm³/mol. The largest absolute Gasteiger partial charge is 0.439 e. The number of hydrogen-bond acceptors (Lipinski definition) is 5. The average Bonchev–Trinajstić information content (AvgIpc) is 2.84. The molecule has 7 heteroatoms. The molecule has 0 saturated heterocycles. The minimum absolute atomic E-state index is 0.00834. The lowest BCUT2D eigenvalue weighted by atomic mass is 10.1. The molecule has 0 amide bonds. The summed E-state index contributed by atoms with van der Waals surface area (Å²) >= 11 is 3.25. The van der Waals surface area contributed by atoms with Gasteiger partial charge in [0.05, 0.1) is 17.7 Å². The Labute approximate surface area is 118 Å². The van der Waals surface area contributed by atoms with Crippen molar-refractivity contribution in [3.8, 4) is 11.3 Å². The molecule has 1 aromatic heterocycles. The molecule has 2 aromatic rings. The van der Waals surface area contributed by atoms with Gasteiger partial charge in [-0.1, -0.05) is 22.9 Å². The van der Waals surface area contributed by atoms with Crippen LogP contribution in [0.15, 0.2) is 33.3 Å². The van der Waals surface area contributed by atoms with Crippen molar-refractivity contribution in [2.45, 2.75) is 13.5 Å². The van der Waals surface area contributed by atoms with E-state index in [1.165, 1.54) is 12.1 Å². The van der Waals surface area contributed by atoms with Crippen LogP contribution < -0.4 is 5.32 Å². The summed E-state index contributed by atoms with van der Waals surface area (Å²) < 4.78 is 6.17. The van der Waals surface area contributed by atoms with Gasteiger partial charge >= 0.3 is 0 Å². The first-order chi connectivity index (χ1) is 9.10. The molecule has 0 bridgehead atoms. The Morgan fingerprint density at radius 1 is 1.47 bits per heavy atom. The van der Waals surface area contributed by atoms with Crippen LogP contribution in [0.3, 0.4) is 0 Å². The number of non-ortho nitro benzene ring substituents is 1. The van der Waals surface area contributed by atoms with Gasteiger partial charge in [-0.25, -0.2) is 4.98 Å². The molecule has 6 nitrogen and oxygen atoms in total. The molecule has 0 radical (unpaired) electrons. The number of oxazole rings is 1. The molecule has 1 heterocycles. The minimum Gasteiger partial charge on any atom is -0.439 e. The highest BCUT2D eigenvalue weighted by Crippen LogP contribution is 2.29. The first kappa shape index (κ1) is 13.7. The molecule has 0 atom stereocenters. The number of hydrogen-bond donors (Lipinski definition) is 1. The van der Waals surface area contributed by atoms with Gasteiger partial charge in [0.1, 0.15) is 0 Å². The standard InChI is InChI=1S/C12H12BrN3O3/c1-2-14-7-12-15-6-11(19-12)8-3-9(13)5-10(4-8)16(17)18/h3-6,14H,2,7H2,1H3. The van der Waals surface area contributed by atoms with Crippen molar-refractivity contribution in [2.24, 2.45) is 0 Å². The lowest BCUT2D eigenvalue weighted by Gasteiger charge is -1.99. The van der Waals surface area contributed by atoms with Crippen molar-refractivity contribution in [1.82, 2.24) is 10.3 Å². The average molecular weight is 326 g/mol. The van der Waals surface area contributed by atoms with Crippen LogP contribution >= 0.6 is 15.9 Å². The summed E-state index contributed by atoms with van der Waals surface area (Å²) in [4.78, 5) is 14.5. The van der Waals surface area contributed by atoms with E-state index in [9.17, 15) is 10.1 Å². The van der Waals surface area contributed by atoms with Crippen LogP contribution in [-0.2, 0) is 6.54 Å². The Morgan fingerprint density at radius 2 is 2.26 bits per heavy atom. The van der Waals surface area contributed by atoms with Crippen molar-refractivity contribution in [3.05, 3.63) is 44.9 Å². The van der Waals surface area contributed by atoms with Crippen molar-refractivity contribution in [2.75, 3.05) is 6.54 Å². The second-order valence-electron chi connectivity index (χ2n) is 3.85. The Bertz CT molecular complexity index is 598. The highest BCUT2D eigenvalue weighted by molar-refractivity contribution is 9.10. The number of benzene rings is 1. The Morgan fingerprint density at radius 3 is 2.95 bits per heavy atom. The molecule has 0 fully saturated rings. The van der Waals surface area contributed by atoms with Gasteiger partial charge in [-0.05, 0) is 12.6 Å². The van der Waals surface area contributed by atoms with E-state index in [1.807, 2.05) is 6.92 Å². The van der Waals surface area contributed by atoms with Crippen LogP contribution in [0.5, 0.6) is 0 Å². The SMILES string of the molecule is CCNCc1ncc(-c2cc(Br)cc([N+](=O)[O-])c2)o1.